The summed E-state index contributed by atoms with van der Waals surface area (Å²) in [5.74, 6) is 2.05. The van der Waals surface area contributed by atoms with E-state index in [0.717, 1.165) is 33.2 Å². The van der Waals surface area contributed by atoms with Crippen molar-refractivity contribution in [2.75, 3.05) is 20.3 Å². The van der Waals surface area contributed by atoms with Crippen molar-refractivity contribution in [3.8, 4) is 27.7 Å². The van der Waals surface area contributed by atoms with Gasteiger partial charge in [0.15, 0.2) is 17.8 Å². The molecule has 1 aromatic heterocycles. The van der Waals surface area contributed by atoms with E-state index in [0.29, 0.717) is 29.6 Å². The molecule has 23 heavy (non-hydrogen) atoms. The van der Waals surface area contributed by atoms with E-state index < -0.39 is 0 Å². The molecule has 1 aliphatic rings. The summed E-state index contributed by atoms with van der Waals surface area (Å²) in [5.41, 5.74) is 1.02. The van der Waals surface area contributed by atoms with E-state index in [1.54, 1.807) is 7.11 Å². The fourth-order valence-electron chi connectivity index (χ4n) is 2.88. The zero-order chi connectivity index (χ0) is 15.8. The van der Waals surface area contributed by atoms with Gasteiger partial charge in [-0.3, -0.25) is 4.79 Å². The molecule has 4 rings (SSSR count). The van der Waals surface area contributed by atoms with Crippen LogP contribution in [0.15, 0.2) is 36.4 Å². The van der Waals surface area contributed by atoms with Crippen LogP contribution in [-0.4, -0.2) is 26.6 Å². The molecule has 0 saturated heterocycles. The smallest absolute Gasteiger partial charge is 0.183 e. The lowest BCUT2D eigenvalue weighted by atomic mass is 10.0. The number of methoxy groups -OCH3 is 1. The zero-order valence-corrected chi connectivity index (χ0v) is 13.3. The summed E-state index contributed by atoms with van der Waals surface area (Å²) in [5, 5.41) is 2.08. The van der Waals surface area contributed by atoms with Gasteiger partial charge in [0.1, 0.15) is 23.8 Å². The van der Waals surface area contributed by atoms with Crippen molar-refractivity contribution in [2.24, 2.45) is 0 Å². The maximum absolute atomic E-state index is 11.3. The third-order valence-electron chi connectivity index (χ3n) is 3.88. The molecule has 2 aromatic carbocycles. The standard InChI is InChI=1S/C18H14O4S/c1-20-14-7-3-4-11-12(14)5-2-6-13(11)18-17-16(15(10-19)23-18)21-8-9-22-17/h2-7,10H,8-9H2,1H3. The summed E-state index contributed by atoms with van der Waals surface area (Å²) in [4.78, 5) is 12.8. The van der Waals surface area contributed by atoms with Crippen LogP contribution in [0.2, 0.25) is 0 Å². The van der Waals surface area contributed by atoms with E-state index in [1.165, 1.54) is 11.3 Å². The van der Waals surface area contributed by atoms with Gasteiger partial charge in [0.05, 0.1) is 12.0 Å². The fraction of sp³-hybridized carbons (Fsp3) is 0.167. The normalized spacial score (nSPS) is 13.1. The van der Waals surface area contributed by atoms with Gasteiger partial charge in [0, 0.05) is 10.9 Å². The number of ether oxygens (including phenoxy) is 3. The molecular weight excluding hydrogens is 312 g/mol. The van der Waals surface area contributed by atoms with Gasteiger partial charge < -0.3 is 14.2 Å². The fourth-order valence-corrected chi connectivity index (χ4v) is 3.93. The topological polar surface area (TPSA) is 44.8 Å². The van der Waals surface area contributed by atoms with Gasteiger partial charge in [0.25, 0.3) is 0 Å². The molecule has 0 atom stereocenters. The van der Waals surface area contributed by atoms with Crippen molar-refractivity contribution >= 4 is 28.4 Å². The zero-order valence-electron chi connectivity index (χ0n) is 12.5. The number of carbonyl (C=O) groups excluding carboxylic acids is 1. The first-order valence-electron chi connectivity index (χ1n) is 7.27. The Hall–Kier alpha value is -2.53. The first-order chi connectivity index (χ1) is 11.3. The van der Waals surface area contributed by atoms with Gasteiger partial charge in [-0.15, -0.1) is 11.3 Å². The molecule has 0 bridgehead atoms. The second-order valence-corrected chi connectivity index (χ2v) is 6.18. The van der Waals surface area contributed by atoms with Crippen LogP contribution in [-0.2, 0) is 0 Å². The Labute approximate surface area is 137 Å². The largest absolute Gasteiger partial charge is 0.496 e. The first kappa shape index (κ1) is 14.1. The minimum absolute atomic E-state index is 0.466. The Morgan fingerprint density at radius 1 is 1.04 bits per heavy atom. The average Bonchev–Trinajstić information content (AvgIpc) is 2.99. The summed E-state index contributed by atoms with van der Waals surface area (Å²) >= 11 is 1.40. The van der Waals surface area contributed by atoms with E-state index in [-0.39, 0.29) is 0 Å². The second-order valence-electron chi connectivity index (χ2n) is 5.13. The molecule has 3 aromatic rings. The van der Waals surface area contributed by atoms with Gasteiger partial charge in [-0.1, -0.05) is 30.3 Å². The van der Waals surface area contributed by atoms with Gasteiger partial charge in [-0.2, -0.15) is 0 Å². The molecule has 0 amide bonds. The quantitative estimate of drug-likeness (QED) is 0.678. The maximum atomic E-state index is 11.3. The van der Waals surface area contributed by atoms with Crippen LogP contribution in [0.25, 0.3) is 21.2 Å². The van der Waals surface area contributed by atoms with E-state index in [2.05, 4.69) is 0 Å². The molecule has 0 saturated carbocycles. The third-order valence-corrected chi connectivity index (χ3v) is 4.99. The van der Waals surface area contributed by atoms with E-state index in [4.69, 9.17) is 14.2 Å². The van der Waals surface area contributed by atoms with Crippen molar-refractivity contribution in [3.63, 3.8) is 0 Å². The lowest BCUT2D eigenvalue weighted by molar-refractivity contribution is 0.111. The Kier molecular flexibility index (Phi) is 3.42. The molecule has 4 nitrogen and oxygen atoms in total. The Morgan fingerprint density at radius 3 is 2.57 bits per heavy atom. The lowest BCUT2D eigenvalue weighted by Crippen LogP contribution is -2.15. The van der Waals surface area contributed by atoms with Crippen molar-refractivity contribution in [3.05, 3.63) is 41.3 Å². The van der Waals surface area contributed by atoms with Crippen molar-refractivity contribution in [2.45, 2.75) is 0 Å². The average molecular weight is 326 g/mol. The van der Waals surface area contributed by atoms with Crippen LogP contribution in [0, 0.1) is 0 Å². The van der Waals surface area contributed by atoms with Crippen LogP contribution in [0.5, 0.6) is 17.2 Å². The second kappa shape index (κ2) is 5.59. The van der Waals surface area contributed by atoms with Crippen molar-refractivity contribution in [1.82, 2.24) is 0 Å². The summed E-state index contributed by atoms with van der Waals surface area (Å²) in [7, 11) is 1.66. The highest BCUT2D eigenvalue weighted by molar-refractivity contribution is 7.18. The number of hydrogen-bond acceptors (Lipinski definition) is 5. The summed E-state index contributed by atoms with van der Waals surface area (Å²) < 4.78 is 16.9. The Balaban J connectivity index is 2.00. The third kappa shape index (κ3) is 2.16. The van der Waals surface area contributed by atoms with E-state index in [9.17, 15) is 4.79 Å². The minimum atomic E-state index is 0.466. The van der Waals surface area contributed by atoms with Gasteiger partial charge in [-0.25, -0.2) is 0 Å². The van der Waals surface area contributed by atoms with Gasteiger partial charge >= 0.3 is 0 Å². The van der Waals surface area contributed by atoms with Crippen LogP contribution in [0.1, 0.15) is 9.67 Å². The summed E-state index contributed by atoms with van der Waals surface area (Å²) in [6, 6.07) is 12.0. The molecule has 0 fully saturated rings. The summed E-state index contributed by atoms with van der Waals surface area (Å²) in [6.45, 7) is 0.955. The predicted octanol–water partition coefficient (Wildman–Crippen LogP) is 4.16. The highest BCUT2D eigenvalue weighted by atomic mass is 32.1. The molecule has 0 aliphatic carbocycles. The predicted molar refractivity (Wildman–Crippen MR) is 90.2 cm³/mol. The van der Waals surface area contributed by atoms with Gasteiger partial charge in [-0.05, 0) is 11.5 Å². The van der Waals surface area contributed by atoms with Crippen molar-refractivity contribution in [1.29, 1.82) is 0 Å². The highest BCUT2D eigenvalue weighted by Gasteiger charge is 2.26. The van der Waals surface area contributed by atoms with E-state index in [1.807, 2.05) is 36.4 Å². The number of aldehydes is 1. The first-order valence-corrected chi connectivity index (χ1v) is 8.09. The van der Waals surface area contributed by atoms with Crippen molar-refractivity contribution < 1.29 is 19.0 Å². The molecule has 0 spiro atoms. The molecule has 0 N–H and O–H groups in total. The van der Waals surface area contributed by atoms with Crippen LogP contribution in [0.4, 0.5) is 0 Å². The molecule has 0 unspecified atom stereocenters. The number of hydrogen-bond donors (Lipinski definition) is 0. The molecular formula is C18H14O4S. The van der Waals surface area contributed by atoms with Crippen LogP contribution >= 0.6 is 11.3 Å². The number of thiophene rings is 1. The monoisotopic (exact) mass is 326 g/mol. The lowest BCUT2D eigenvalue weighted by Gasteiger charge is -2.17. The molecule has 1 aliphatic heterocycles. The number of carbonyl (C=O) groups is 1. The molecule has 0 radical (unpaired) electrons. The van der Waals surface area contributed by atoms with E-state index >= 15 is 0 Å². The molecule has 116 valence electrons. The van der Waals surface area contributed by atoms with Crippen LogP contribution in [0.3, 0.4) is 0 Å². The molecule has 5 heteroatoms. The maximum Gasteiger partial charge on any atom is 0.183 e. The molecule has 2 heterocycles. The SMILES string of the molecule is COc1cccc2c(-c3sc(C=O)c4c3OCCO4)cccc12. The number of benzene rings is 2. The number of rotatable bonds is 3. The van der Waals surface area contributed by atoms with Gasteiger partial charge in [0.2, 0.25) is 0 Å². The number of fused-ring (bicyclic) bond motifs is 2. The Bertz CT molecular complexity index is 897. The van der Waals surface area contributed by atoms with Crippen LogP contribution < -0.4 is 14.2 Å². The highest BCUT2D eigenvalue weighted by Crippen LogP contribution is 2.50. The summed E-state index contributed by atoms with van der Waals surface area (Å²) in [6.07, 6.45) is 0.827. The Morgan fingerprint density at radius 2 is 1.78 bits per heavy atom. The minimum Gasteiger partial charge on any atom is -0.496 e.